The van der Waals surface area contributed by atoms with Crippen LogP contribution < -0.4 is 10.6 Å². The minimum atomic E-state index is -1.17. The van der Waals surface area contributed by atoms with Gasteiger partial charge in [0.15, 0.2) is 5.96 Å². The van der Waals surface area contributed by atoms with E-state index in [-0.39, 0.29) is 36.2 Å². The third-order valence-electron chi connectivity index (χ3n) is 3.56. The minimum absolute atomic E-state index is 0. The highest BCUT2D eigenvalue weighted by Crippen LogP contribution is 2.19. The molecular formula is C17H23IN4O4. The van der Waals surface area contributed by atoms with Crippen molar-refractivity contribution < 1.29 is 14.4 Å². The van der Waals surface area contributed by atoms with E-state index in [1.165, 1.54) is 18.4 Å². The van der Waals surface area contributed by atoms with Gasteiger partial charge in [-0.1, -0.05) is 12.1 Å². The standard InChI is InChI=1S/C17H22N4O4.HI/c1-3-18-16(20-12-17(2,22)15-5-4-10-25-15)19-11-13-6-8-14(9-7-13)21(23)24;/h4-10,22H,3,11-12H2,1-2H3,(H2,18,19,20);1H. The lowest BCUT2D eigenvalue weighted by molar-refractivity contribution is -0.384. The molecule has 1 heterocycles. The molecule has 0 aliphatic carbocycles. The van der Waals surface area contributed by atoms with Gasteiger partial charge >= 0.3 is 0 Å². The van der Waals surface area contributed by atoms with Crippen LogP contribution in [0.1, 0.15) is 25.2 Å². The number of hydrogen-bond donors (Lipinski definition) is 3. The molecule has 1 aromatic carbocycles. The minimum Gasteiger partial charge on any atom is -0.466 e. The molecule has 0 amide bonds. The highest BCUT2D eigenvalue weighted by atomic mass is 127. The number of aliphatic hydroxyl groups is 1. The Kier molecular flexibility index (Phi) is 8.52. The Morgan fingerprint density at radius 2 is 2.00 bits per heavy atom. The molecule has 1 atom stereocenters. The first-order valence-electron chi connectivity index (χ1n) is 7.94. The molecule has 0 bridgehead atoms. The van der Waals surface area contributed by atoms with Gasteiger partial charge in [0, 0.05) is 18.7 Å². The number of nitro groups is 1. The van der Waals surface area contributed by atoms with Crippen molar-refractivity contribution >= 4 is 35.6 Å². The number of benzene rings is 1. The molecule has 2 aromatic rings. The molecule has 3 N–H and O–H groups in total. The lowest BCUT2D eigenvalue weighted by Gasteiger charge is -2.22. The van der Waals surface area contributed by atoms with Crippen LogP contribution in [0.2, 0.25) is 0 Å². The maximum absolute atomic E-state index is 10.7. The molecule has 1 aromatic heterocycles. The highest BCUT2D eigenvalue weighted by molar-refractivity contribution is 14.0. The van der Waals surface area contributed by atoms with Gasteiger partial charge in [-0.2, -0.15) is 0 Å². The number of nitrogens with zero attached hydrogens (tertiary/aromatic N) is 2. The number of halogens is 1. The van der Waals surface area contributed by atoms with Gasteiger partial charge in [0.05, 0.1) is 24.3 Å². The topological polar surface area (TPSA) is 113 Å². The normalized spacial score (nSPS) is 13.4. The number of guanidine groups is 1. The second kappa shape index (κ2) is 10.1. The van der Waals surface area contributed by atoms with Crippen LogP contribution in [0.15, 0.2) is 52.1 Å². The van der Waals surface area contributed by atoms with Gasteiger partial charge in [0.2, 0.25) is 0 Å². The Labute approximate surface area is 168 Å². The summed E-state index contributed by atoms with van der Waals surface area (Å²) in [6, 6.07) is 9.68. The Balaban J connectivity index is 0.00000338. The summed E-state index contributed by atoms with van der Waals surface area (Å²) in [7, 11) is 0. The van der Waals surface area contributed by atoms with Crippen LogP contribution >= 0.6 is 24.0 Å². The third-order valence-corrected chi connectivity index (χ3v) is 3.56. The fourth-order valence-corrected chi connectivity index (χ4v) is 2.16. The van der Waals surface area contributed by atoms with Crippen LogP contribution in [-0.4, -0.2) is 29.1 Å². The van der Waals surface area contributed by atoms with Crippen LogP contribution in [0.4, 0.5) is 5.69 Å². The fourth-order valence-electron chi connectivity index (χ4n) is 2.16. The Hall–Kier alpha value is -2.14. The maximum Gasteiger partial charge on any atom is 0.269 e. The molecule has 0 aliphatic rings. The number of non-ortho nitro benzene ring substituents is 1. The van der Waals surface area contributed by atoms with Gasteiger partial charge in [-0.15, -0.1) is 24.0 Å². The first-order chi connectivity index (χ1) is 11.9. The van der Waals surface area contributed by atoms with Gasteiger partial charge < -0.3 is 20.2 Å². The quantitative estimate of drug-likeness (QED) is 0.187. The smallest absolute Gasteiger partial charge is 0.269 e. The second-order valence-electron chi connectivity index (χ2n) is 5.72. The van der Waals surface area contributed by atoms with Crippen molar-refractivity contribution in [2.24, 2.45) is 4.99 Å². The van der Waals surface area contributed by atoms with Gasteiger partial charge in [-0.3, -0.25) is 10.1 Å². The number of nitro benzene ring substituents is 1. The van der Waals surface area contributed by atoms with E-state index in [4.69, 9.17) is 4.42 Å². The van der Waals surface area contributed by atoms with Crippen molar-refractivity contribution in [1.29, 1.82) is 0 Å². The summed E-state index contributed by atoms with van der Waals surface area (Å²) in [6.07, 6.45) is 1.51. The molecular weight excluding hydrogens is 451 g/mol. The number of aliphatic imine (C=N–C) groups is 1. The van der Waals surface area contributed by atoms with Gasteiger partial charge in [0.25, 0.3) is 5.69 Å². The van der Waals surface area contributed by atoms with E-state index in [1.54, 1.807) is 31.2 Å². The van der Waals surface area contributed by atoms with E-state index in [2.05, 4.69) is 15.6 Å². The summed E-state index contributed by atoms with van der Waals surface area (Å²) >= 11 is 0. The first-order valence-corrected chi connectivity index (χ1v) is 7.94. The monoisotopic (exact) mass is 474 g/mol. The van der Waals surface area contributed by atoms with E-state index in [1.807, 2.05) is 6.92 Å². The molecule has 0 aliphatic heterocycles. The summed E-state index contributed by atoms with van der Waals surface area (Å²) < 4.78 is 5.25. The van der Waals surface area contributed by atoms with E-state index in [0.29, 0.717) is 24.8 Å². The summed E-state index contributed by atoms with van der Waals surface area (Å²) in [6.45, 7) is 4.82. The zero-order valence-corrected chi connectivity index (χ0v) is 17.0. The average Bonchev–Trinajstić information content (AvgIpc) is 3.13. The highest BCUT2D eigenvalue weighted by Gasteiger charge is 2.26. The van der Waals surface area contributed by atoms with Crippen molar-refractivity contribution in [2.75, 3.05) is 13.1 Å². The van der Waals surface area contributed by atoms with Gasteiger partial charge in [-0.05, 0) is 31.5 Å². The summed E-state index contributed by atoms with van der Waals surface area (Å²) in [5, 5.41) is 27.3. The number of nitrogens with one attached hydrogen (secondary N) is 2. The maximum atomic E-state index is 10.7. The number of hydrogen-bond acceptors (Lipinski definition) is 5. The Morgan fingerprint density at radius 3 is 2.54 bits per heavy atom. The van der Waals surface area contributed by atoms with Crippen molar-refractivity contribution in [1.82, 2.24) is 10.6 Å². The molecule has 142 valence electrons. The Bertz CT molecular complexity index is 715. The van der Waals surface area contributed by atoms with Gasteiger partial charge in [-0.25, -0.2) is 4.99 Å². The third kappa shape index (κ3) is 6.30. The summed E-state index contributed by atoms with van der Waals surface area (Å²) in [5.41, 5.74) is -0.277. The van der Waals surface area contributed by atoms with E-state index >= 15 is 0 Å². The van der Waals surface area contributed by atoms with Crippen LogP contribution in [0.3, 0.4) is 0 Å². The lowest BCUT2D eigenvalue weighted by Crippen LogP contribution is -2.44. The average molecular weight is 474 g/mol. The molecule has 0 fully saturated rings. The molecule has 0 spiro atoms. The van der Waals surface area contributed by atoms with E-state index in [0.717, 1.165) is 5.56 Å². The largest absolute Gasteiger partial charge is 0.466 e. The SMILES string of the molecule is CCNC(=NCc1ccc([N+](=O)[O-])cc1)NCC(C)(O)c1ccco1.I. The fraction of sp³-hybridized carbons (Fsp3) is 0.353. The lowest BCUT2D eigenvalue weighted by atomic mass is 10.0. The van der Waals surface area contributed by atoms with Crippen LogP contribution in [0, 0.1) is 10.1 Å². The summed E-state index contributed by atoms with van der Waals surface area (Å²) in [5.74, 6) is 0.999. The van der Waals surface area contributed by atoms with Crippen molar-refractivity contribution in [2.45, 2.75) is 26.0 Å². The number of rotatable bonds is 7. The summed E-state index contributed by atoms with van der Waals surface area (Å²) in [4.78, 5) is 14.7. The zero-order valence-electron chi connectivity index (χ0n) is 14.6. The molecule has 0 saturated carbocycles. The molecule has 1 unspecified atom stereocenters. The first kappa shape index (κ1) is 21.9. The van der Waals surface area contributed by atoms with Crippen molar-refractivity contribution in [3.63, 3.8) is 0 Å². The molecule has 0 saturated heterocycles. The van der Waals surface area contributed by atoms with Gasteiger partial charge in [0.1, 0.15) is 11.4 Å². The predicted octanol–water partition coefficient (Wildman–Crippen LogP) is 2.77. The Morgan fingerprint density at radius 1 is 1.31 bits per heavy atom. The van der Waals surface area contributed by atoms with Crippen LogP contribution in [-0.2, 0) is 12.1 Å². The molecule has 2 rings (SSSR count). The second-order valence-corrected chi connectivity index (χ2v) is 5.72. The molecule has 9 heteroatoms. The van der Waals surface area contributed by atoms with Crippen LogP contribution in [0.5, 0.6) is 0 Å². The molecule has 8 nitrogen and oxygen atoms in total. The zero-order chi connectivity index (χ0) is 18.3. The van der Waals surface area contributed by atoms with Crippen LogP contribution in [0.25, 0.3) is 0 Å². The van der Waals surface area contributed by atoms with Crippen molar-refractivity contribution in [3.05, 3.63) is 64.1 Å². The van der Waals surface area contributed by atoms with Crippen molar-refractivity contribution in [3.8, 4) is 0 Å². The molecule has 26 heavy (non-hydrogen) atoms. The molecule has 0 radical (unpaired) electrons. The van der Waals surface area contributed by atoms with E-state index in [9.17, 15) is 15.2 Å². The number of furan rings is 1. The predicted molar refractivity (Wildman–Crippen MR) is 110 cm³/mol. The van der Waals surface area contributed by atoms with E-state index < -0.39 is 10.5 Å².